The average Bonchev–Trinajstić information content (AvgIpc) is 2.53. The molecule has 0 saturated carbocycles. The molecule has 1 aliphatic heterocycles. The van der Waals surface area contributed by atoms with E-state index in [-0.39, 0.29) is 22.8 Å². The highest BCUT2D eigenvalue weighted by atomic mass is 35.5. The highest BCUT2D eigenvalue weighted by Gasteiger charge is 2.32. The third-order valence-corrected chi connectivity index (χ3v) is 4.60. The van der Waals surface area contributed by atoms with Crippen molar-refractivity contribution in [3.63, 3.8) is 0 Å². The smallest absolute Gasteiger partial charge is 0.320 e. The molecule has 0 aliphatic carbocycles. The molecule has 1 aromatic rings. The maximum atomic E-state index is 12.5. The van der Waals surface area contributed by atoms with E-state index in [1.54, 1.807) is 0 Å². The van der Waals surface area contributed by atoms with E-state index in [4.69, 9.17) is 11.6 Å². The Morgan fingerprint density at radius 3 is 2.86 bits per heavy atom. The summed E-state index contributed by atoms with van der Waals surface area (Å²) >= 11 is 7.14. The highest BCUT2D eigenvalue weighted by Crippen LogP contribution is 2.27. The molecule has 7 nitrogen and oxygen atoms in total. The van der Waals surface area contributed by atoms with Crippen LogP contribution in [0.1, 0.15) is 10.4 Å². The number of hydrogen-bond acceptors (Lipinski definition) is 6. The standard InChI is InChI=1S/C13H13ClN2O5S/c1-21-13(18)11-7-15(4-5-22-11)12(17)9-3-2-8(14)6-10(9)16(19)20/h2-3,6,11H,4-5,7H2,1H3/t11-/m1/s1. The molecule has 1 saturated heterocycles. The Kier molecular flexibility index (Phi) is 5.25. The summed E-state index contributed by atoms with van der Waals surface area (Å²) in [5, 5.41) is 10.8. The molecule has 0 spiro atoms. The summed E-state index contributed by atoms with van der Waals surface area (Å²) in [6.07, 6.45) is 0. The largest absolute Gasteiger partial charge is 0.468 e. The van der Waals surface area contributed by atoms with Crippen molar-refractivity contribution >= 4 is 40.9 Å². The van der Waals surface area contributed by atoms with Crippen LogP contribution < -0.4 is 0 Å². The number of amides is 1. The van der Waals surface area contributed by atoms with Crippen molar-refractivity contribution in [3.05, 3.63) is 38.9 Å². The van der Waals surface area contributed by atoms with E-state index in [0.29, 0.717) is 12.3 Å². The molecule has 0 unspecified atom stereocenters. The molecule has 2 rings (SSSR count). The number of carbonyl (C=O) groups is 2. The lowest BCUT2D eigenvalue weighted by molar-refractivity contribution is -0.385. The van der Waals surface area contributed by atoms with Crippen molar-refractivity contribution in [1.29, 1.82) is 0 Å². The van der Waals surface area contributed by atoms with Crippen molar-refractivity contribution in [2.45, 2.75) is 5.25 Å². The van der Waals surface area contributed by atoms with Crippen LogP contribution in [0.4, 0.5) is 5.69 Å². The maximum absolute atomic E-state index is 12.5. The molecule has 22 heavy (non-hydrogen) atoms. The lowest BCUT2D eigenvalue weighted by Crippen LogP contribution is -2.45. The van der Waals surface area contributed by atoms with E-state index in [1.165, 1.54) is 35.9 Å². The quantitative estimate of drug-likeness (QED) is 0.473. The Morgan fingerprint density at radius 1 is 1.50 bits per heavy atom. The summed E-state index contributed by atoms with van der Waals surface area (Å²) in [5.41, 5.74) is -0.379. The first-order valence-corrected chi connectivity index (χ1v) is 7.79. The predicted octanol–water partition coefficient (Wildman–Crippen LogP) is 1.98. The number of methoxy groups -OCH3 is 1. The Labute approximate surface area is 135 Å². The first-order valence-electron chi connectivity index (χ1n) is 6.36. The van der Waals surface area contributed by atoms with Gasteiger partial charge < -0.3 is 9.64 Å². The first kappa shape index (κ1) is 16.6. The van der Waals surface area contributed by atoms with Gasteiger partial charge in [-0.25, -0.2) is 0 Å². The van der Waals surface area contributed by atoms with Crippen LogP contribution in [0.2, 0.25) is 5.02 Å². The number of nitrogens with zero attached hydrogens (tertiary/aromatic N) is 2. The molecule has 1 fully saturated rings. The number of thioether (sulfide) groups is 1. The molecule has 1 aliphatic rings. The highest BCUT2D eigenvalue weighted by molar-refractivity contribution is 8.00. The van der Waals surface area contributed by atoms with Crippen LogP contribution in [-0.2, 0) is 9.53 Å². The summed E-state index contributed by atoms with van der Waals surface area (Å²) in [7, 11) is 1.29. The fourth-order valence-electron chi connectivity index (χ4n) is 2.11. The fourth-order valence-corrected chi connectivity index (χ4v) is 3.41. The second kappa shape index (κ2) is 6.97. The van der Waals surface area contributed by atoms with E-state index in [1.807, 2.05) is 0 Å². The topological polar surface area (TPSA) is 89.8 Å². The Hall–Kier alpha value is -1.80. The van der Waals surface area contributed by atoms with Gasteiger partial charge in [-0.2, -0.15) is 0 Å². The molecular weight excluding hydrogens is 332 g/mol. The molecule has 1 atom stereocenters. The van der Waals surface area contributed by atoms with Crippen LogP contribution in [0, 0.1) is 10.1 Å². The predicted molar refractivity (Wildman–Crippen MR) is 82.3 cm³/mol. The monoisotopic (exact) mass is 344 g/mol. The van der Waals surface area contributed by atoms with Crippen molar-refractivity contribution in [3.8, 4) is 0 Å². The SMILES string of the molecule is COC(=O)[C@H]1CN(C(=O)c2ccc(Cl)cc2[N+](=O)[O-])CCS1. The van der Waals surface area contributed by atoms with E-state index in [2.05, 4.69) is 4.74 Å². The molecular formula is C13H13ClN2O5S. The zero-order chi connectivity index (χ0) is 16.3. The number of nitro benzene ring substituents is 1. The zero-order valence-electron chi connectivity index (χ0n) is 11.7. The number of carbonyl (C=O) groups excluding carboxylic acids is 2. The van der Waals surface area contributed by atoms with Gasteiger partial charge >= 0.3 is 5.97 Å². The first-order chi connectivity index (χ1) is 10.4. The zero-order valence-corrected chi connectivity index (χ0v) is 13.2. The Balaban J connectivity index is 2.24. The lowest BCUT2D eigenvalue weighted by atomic mass is 10.1. The van der Waals surface area contributed by atoms with Gasteiger partial charge in [0, 0.05) is 29.9 Å². The van der Waals surface area contributed by atoms with Gasteiger partial charge in [0.2, 0.25) is 0 Å². The summed E-state index contributed by atoms with van der Waals surface area (Å²) in [6.45, 7) is 0.576. The van der Waals surface area contributed by atoms with Gasteiger partial charge in [-0.05, 0) is 12.1 Å². The van der Waals surface area contributed by atoms with Crippen LogP contribution >= 0.6 is 23.4 Å². The minimum Gasteiger partial charge on any atom is -0.468 e. The van der Waals surface area contributed by atoms with Gasteiger partial charge in [-0.15, -0.1) is 11.8 Å². The second-order valence-corrected chi connectivity index (χ2v) is 6.30. The van der Waals surface area contributed by atoms with Crippen LogP contribution in [-0.4, -0.2) is 52.9 Å². The summed E-state index contributed by atoms with van der Waals surface area (Å²) < 4.78 is 4.68. The van der Waals surface area contributed by atoms with E-state index >= 15 is 0 Å². The normalized spacial score (nSPS) is 17.9. The summed E-state index contributed by atoms with van der Waals surface area (Å²) in [6, 6.07) is 3.90. The number of esters is 1. The molecule has 1 heterocycles. The third-order valence-electron chi connectivity index (χ3n) is 3.20. The van der Waals surface area contributed by atoms with E-state index in [0.717, 1.165) is 6.07 Å². The van der Waals surface area contributed by atoms with Crippen LogP contribution in [0.5, 0.6) is 0 Å². The number of rotatable bonds is 3. The number of halogens is 1. The number of nitro groups is 1. The van der Waals surface area contributed by atoms with Crippen LogP contribution in [0.3, 0.4) is 0 Å². The van der Waals surface area contributed by atoms with Gasteiger partial charge in [0.25, 0.3) is 11.6 Å². The average molecular weight is 345 g/mol. The lowest BCUT2D eigenvalue weighted by Gasteiger charge is -2.30. The summed E-state index contributed by atoms with van der Waals surface area (Å²) in [5.74, 6) is -0.335. The van der Waals surface area contributed by atoms with Crippen LogP contribution in [0.25, 0.3) is 0 Å². The van der Waals surface area contributed by atoms with Crippen LogP contribution in [0.15, 0.2) is 18.2 Å². The molecule has 0 N–H and O–H groups in total. The van der Waals surface area contributed by atoms with Crippen molar-refractivity contribution in [2.24, 2.45) is 0 Å². The van der Waals surface area contributed by atoms with Gasteiger partial charge in [0.15, 0.2) is 0 Å². The maximum Gasteiger partial charge on any atom is 0.320 e. The molecule has 0 aromatic heterocycles. The minimum atomic E-state index is -0.643. The van der Waals surface area contributed by atoms with Gasteiger partial charge in [-0.1, -0.05) is 11.6 Å². The van der Waals surface area contributed by atoms with Crippen molar-refractivity contribution in [1.82, 2.24) is 4.90 Å². The molecule has 9 heteroatoms. The molecule has 1 amide bonds. The van der Waals surface area contributed by atoms with E-state index in [9.17, 15) is 19.7 Å². The van der Waals surface area contributed by atoms with Gasteiger partial charge in [0.05, 0.1) is 12.0 Å². The van der Waals surface area contributed by atoms with Gasteiger partial charge in [0.1, 0.15) is 10.8 Å². The number of benzene rings is 1. The van der Waals surface area contributed by atoms with Crippen molar-refractivity contribution in [2.75, 3.05) is 26.0 Å². The van der Waals surface area contributed by atoms with E-state index < -0.39 is 22.0 Å². The molecule has 1 aromatic carbocycles. The third kappa shape index (κ3) is 3.50. The van der Waals surface area contributed by atoms with Crippen molar-refractivity contribution < 1.29 is 19.2 Å². The van der Waals surface area contributed by atoms with Gasteiger partial charge in [-0.3, -0.25) is 19.7 Å². The number of hydrogen-bond donors (Lipinski definition) is 0. The fraction of sp³-hybridized carbons (Fsp3) is 0.385. The second-order valence-electron chi connectivity index (χ2n) is 4.55. The minimum absolute atomic E-state index is 0.0371. The molecule has 0 radical (unpaired) electrons. The Morgan fingerprint density at radius 2 is 2.23 bits per heavy atom. The summed E-state index contributed by atoms with van der Waals surface area (Å²) in [4.78, 5) is 36.0. The number of ether oxygens (including phenoxy) is 1. The molecule has 118 valence electrons. The Bertz CT molecular complexity index is 624. The molecule has 0 bridgehead atoms.